The van der Waals surface area contributed by atoms with E-state index >= 15 is 0 Å². The Morgan fingerprint density at radius 3 is 1.39 bits per heavy atom. The SMILES string of the molecule is COc1cc(Cc2cccc(OC)c2Oc2ccc(S(=O)(=O)c3ccc(C)cc3)cc2)ccc1Oc1ccc(S(=O)(=O)c2ccc(C)cc2)cc1. The highest BCUT2D eigenvalue weighted by Crippen LogP contribution is 2.39. The van der Waals surface area contributed by atoms with Crippen LogP contribution in [0.5, 0.6) is 34.5 Å². The zero-order valence-electron chi connectivity index (χ0n) is 28.5. The molecule has 8 nitrogen and oxygen atoms in total. The van der Waals surface area contributed by atoms with Gasteiger partial charge in [-0.15, -0.1) is 0 Å². The summed E-state index contributed by atoms with van der Waals surface area (Å²) in [5, 5.41) is 0. The largest absolute Gasteiger partial charge is 0.493 e. The standard InChI is InChI=1S/C41H36O8S2/c1-28-8-17-34(18-9-28)50(42,43)36-21-13-32(14-22-36)48-38-25-12-30(27-40(38)47-4)26-31-6-5-7-39(46-3)41(31)49-33-15-23-37(24-16-33)51(44,45)35-19-10-29(2)11-20-35/h5-25,27H,26H2,1-4H3. The van der Waals surface area contributed by atoms with Gasteiger partial charge >= 0.3 is 0 Å². The maximum atomic E-state index is 13.2. The molecule has 0 aromatic heterocycles. The molecule has 0 saturated carbocycles. The van der Waals surface area contributed by atoms with E-state index in [1.807, 2.05) is 38.1 Å². The minimum Gasteiger partial charge on any atom is -0.493 e. The molecule has 10 heteroatoms. The smallest absolute Gasteiger partial charge is 0.206 e. The lowest BCUT2D eigenvalue weighted by atomic mass is 10.0. The van der Waals surface area contributed by atoms with Gasteiger partial charge in [-0.3, -0.25) is 0 Å². The zero-order chi connectivity index (χ0) is 36.2. The first-order valence-corrected chi connectivity index (χ1v) is 19.0. The first-order valence-electron chi connectivity index (χ1n) is 16.0. The van der Waals surface area contributed by atoms with Crippen molar-refractivity contribution >= 4 is 19.7 Å². The number of hydrogen-bond acceptors (Lipinski definition) is 8. The maximum absolute atomic E-state index is 13.2. The average molecular weight is 721 g/mol. The molecule has 0 fully saturated rings. The van der Waals surface area contributed by atoms with Gasteiger partial charge in [-0.2, -0.15) is 0 Å². The van der Waals surface area contributed by atoms with Crippen molar-refractivity contribution in [2.45, 2.75) is 39.9 Å². The number of rotatable bonds is 12. The van der Waals surface area contributed by atoms with Crippen molar-refractivity contribution in [1.82, 2.24) is 0 Å². The molecule has 6 aromatic rings. The van der Waals surface area contributed by atoms with Crippen LogP contribution in [0.1, 0.15) is 22.3 Å². The molecule has 0 N–H and O–H groups in total. The van der Waals surface area contributed by atoms with Crippen LogP contribution >= 0.6 is 0 Å². The predicted molar refractivity (Wildman–Crippen MR) is 195 cm³/mol. The zero-order valence-corrected chi connectivity index (χ0v) is 30.1. The molecule has 0 unspecified atom stereocenters. The van der Waals surface area contributed by atoms with Crippen LogP contribution in [0.3, 0.4) is 0 Å². The monoisotopic (exact) mass is 720 g/mol. The summed E-state index contributed by atoms with van der Waals surface area (Å²) in [6, 6.07) is 37.2. The number of benzene rings is 6. The molecule has 0 spiro atoms. The van der Waals surface area contributed by atoms with Crippen LogP contribution in [-0.4, -0.2) is 31.1 Å². The van der Waals surface area contributed by atoms with Crippen LogP contribution in [0.25, 0.3) is 0 Å². The van der Waals surface area contributed by atoms with Crippen LogP contribution < -0.4 is 18.9 Å². The van der Waals surface area contributed by atoms with Crippen LogP contribution in [0.4, 0.5) is 0 Å². The van der Waals surface area contributed by atoms with Crippen molar-refractivity contribution in [3.63, 3.8) is 0 Å². The van der Waals surface area contributed by atoms with E-state index in [4.69, 9.17) is 18.9 Å². The molecule has 0 radical (unpaired) electrons. The van der Waals surface area contributed by atoms with Crippen molar-refractivity contribution < 1.29 is 35.8 Å². The van der Waals surface area contributed by atoms with Crippen molar-refractivity contribution in [2.75, 3.05) is 14.2 Å². The highest BCUT2D eigenvalue weighted by Gasteiger charge is 2.20. The Balaban J connectivity index is 1.19. The first kappa shape index (κ1) is 35.3. The molecule has 0 amide bonds. The molecule has 0 aliphatic heterocycles. The van der Waals surface area contributed by atoms with Gasteiger partial charge in [0, 0.05) is 12.0 Å². The Hall–Kier alpha value is -5.58. The third-order valence-electron chi connectivity index (χ3n) is 8.28. The fraction of sp³-hybridized carbons (Fsp3) is 0.122. The van der Waals surface area contributed by atoms with Crippen molar-refractivity contribution in [3.8, 4) is 34.5 Å². The number of hydrogen-bond donors (Lipinski definition) is 0. The van der Waals surface area contributed by atoms with Gasteiger partial charge in [0.15, 0.2) is 23.0 Å². The van der Waals surface area contributed by atoms with E-state index in [-0.39, 0.29) is 19.6 Å². The summed E-state index contributed by atoms with van der Waals surface area (Å²) < 4.78 is 76.2. The lowest BCUT2D eigenvalue weighted by Gasteiger charge is -2.16. The second-order valence-electron chi connectivity index (χ2n) is 11.9. The van der Waals surface area contributed by atoms with E-state index in [1.165, 1.54) is 24.3 Å². The number of sulfone groups is 2. The van der Waals surface area contributed by atoms with E-state index in [9.17, 15) is 16.8 Å². The fourth-order valence-electron chi connectivity index (χ4n) is 5.43. The number of methoxy groups -OCH3 is 2. The summed E-state index contributed by atoms with van der Waals surface area (Å²) >= 11 is 0. The summed E-state index contributed by atoms with van der Waals surface area (Å²) in [4.78, 5) is 0.783. The molecule has 0 saturated heterocycles. The summed E-state index contributed by atoms with van der Waals surface area (Å²) in [5.41, 5.74) is 3.68. The van der Waals surface area contributed by atoms with Gasteiger partial charge in [0.25, 0.3) is 0 Å². The minimum atomic E-state index is -3.68. The molecule has 51 heavy (non-hydrogen) atoms. The third-order valence-corrected chi connectivity index (χ3v) is 11.9. The number of aryl methyl sites for hydroxylation is 2. The topological polar surface area (TPSA) is 105 Å². The van der Waals surface area contributed by atoms with Gasteiger partial charge in [-0.05, 0) is 110 Å². The van der Waals surface area contributed by atoms with Gasteiger partial charge in [0.1, 0.15) is 11.5 Å². The Morgan fingerprint density at radius 2 is 0.922 bits per heavy atom. The van der Waals surface area contributed by atoms with Gasteiger partial charge in [0.05, 0.1) is 33.8 Å². The Morgan fingerprint density at radius 1 is 0.471 bits per heavy atom. The van der Waals surface area contributed by atoms with Crippen molar-refractivity contribution in [2.24, 2.45) is 0 Å². The Kier molecular flexibility index (Phi) is 10.2. The minimum absolute atomic E-state index is 0.164. The molecule has 0 bridgehead atoms. The molecule has 0 atom stereocenters. The van der Waals surface area contributed by atoms with E-state index in [1.54, 1.807) is 99.1 Å². The molecule has 0 aliphatic carbocycles. The van der Waals surface area contributed by atoms with Crippen LogP contribution in [0, 0.1) is 13.8 Å². The lowest BCUT2D eigenvalue weighted by Crippen LogP contribution is -2.02. The lowest BCUT2D eigenvalue weighted by molar-refractivity contribution is 0.376. The van der Waals surface area contributed by atoms with Gasteiger partial charge in [-0.1, -0.05) is 53.6 Å². The Bertz CT molecular complexity index is 2370. The molecule has 6 aromatic carbocycles. The van der Waals surface area contributed by atoms with Gasteiger partial charge < -0.3 is 18.9 Å². The quantitative estimate of drug-likeness (QED) is 0.123. The van der Waals surface area contributed by atoms with Crippen molar-refractivity contribution in [3.05, 3.63) is 156 Å². The summed E-state index contributed by atoms with van der Waals surface area (Å²) in [6.45, 7) is 3.81. The number of ether oxygens (including phenoxy) is 4. The third kappa shape index (κ3) is 7.77. The highest BCUT2D eigenvalue weighted by atomic mass is 32.2. The van der Waals surface area contributed by atoms with Crippen LogP contribution in [-0.2, 0) is 26.1 Å². The second-order valence-corrected chi connectivity index (χ2v) is 15.8. The maximum Gasteiger partial charge on any atom is 0.206 e. The molecule has 0 aliphatic rings. The van der Waals surface area contributed by atoms with E-state index in [0.29, 0.717) is 40.9 Å². The molecule has 260 valence electrons. The molecular weight excluding hydrogens is 685 g/mol. The summed E-state index contributed by atoms with van der Waals surface area (Å²) in [6.07, 6.45) is 0.453. The Labute approximate surface area is 298 Å². The molecule has 6 rings (SSSR count). The van der Waals surface area contributed by atoms with E-state index in [0.717, 1.165) is 22.3 Å². The molecular formula is C41H36O8S2. The predicted octanol–water partition coefficient (Wildman–Crippen LogP) is 9.16. The van der Waals surface area contributed by atoms with Gasteiger partial charge in [-0.25, -0.2) is 16.8 Å². The van der Waals surface area contributed by atoms with E-state index in [2.05, 4.69) is 0 Å². The molecule has 0 heterocycles. The van der Waals surface area contributed by atoms with Crippen molar-refractivity contribution in [1.29, 1.82) is 0 Å². The van der Waals surface area contributed by atoms with E-state index < -0.39 is 19.7 Å². The first-order chi connectivity index (χ1) is 24.5. The number of para-hydroxylation sites is 1. The van der Waals surface area contributed by atoms with Gasteiger partial charge in [0.2, 0.25) is 19.7 Å². The summed E-state index contributed by atoms with van der Waals surface area (Å²) in [7, 11) is -4.24. The average Bonchev–Trinajstić information content (AvgIpc) is 3.13. The fourth-order valence-corrected chi connectivity index (χ4v) is 7.95. The van der Waals surface area contributed by atoms with Crippen LogP contribution in [0.15, 0.2) is 153 Å². The van der Waals surface area contributed by atoms with Crippen LogP contribution in [0.2, 0.25) is 0 Å². The second kappa shape index (κ2) is 14.7. The highest BCUT2D eigenvalue weighted by molar-refractivity contribution is 7.91. The summed E-state index contributed by atoms with van der Waals surface area (Å²) in [5.74, 6) is 2.85. The normalized spacial score (nSPS) is 11.5.